The molecule has 220 valence electrons. The molecule has 0 bridgehead atoms. The van der Waals surface area contributed by atoms with E-state index in [9.17, 15) is 9.59 Å². The number of unbranched alkanes of at least 4 members (excludes halogenated alkanes) is 8. The first-order valence-corrected chi connectivity index (χ1v) is 15.5. The number of para-hydroxylation sites is 2. The highest BCUT2D eigenvalue weighted by atomic mass is 16.5. The zero-order valence-electron chi connectivity index (χ0n) is 25.4. The van der Waals surface area contributed by atoms with Crippen molar-refractivity contribution >= 4 is 17.5 Å². The summed E-state index contributed by atoms with van der Waals surface area (Å²) >= 11 is 0. The quantitative estimate of drug-likeness (QED) is 0.178. The number of carbonyl (C=O) groups excluding carboxylic acids is 2. The third kappa shape index (κ3) is 7.41. The Labute approximate surface area is 246 Å². The van der Waals surface area contributed by atoms with E-state index in [0.717, 1.165) is 41.2 Å². The Kier molecular flexibility index (Phi) is 11.1. The normalized spacial score (nSPS) is 14.1. The van der Waals surface area contributed by atoms with Gasteiger partial charge in [-0.25, -0.2) is 0 Å². The lowest BCUT2D eigenvalue weighted by molar-refractivity contribution is -0.137. The van der Waals surface area contributed by atoms with Gasteiger partial charge < -0.3 is 14.2 Å². The number of hydrogen-bond donors (Lipinski definition) is 0. The van der Waals surface area contributed by atoms with Crippen LogP contribution in [0, 0.1) is 0 Å². The Bertz CT molecular complexity index is 1260. The smallest absolute Gasteiger partial charge is 0.247 e. The minimum absolute atomic E-state index is 0.0512. The number of benzene rings is 2. The fraction of sp³-hybridized carbons (Fsp3) is 0.486. The summed E-state index contributed by atoms with van der Waals surface area (Å²) in [6.07, 6.45) is 13.4. The molecule has 1 unspecified atom stereocenters. The average molecular weight is 558 g/mol. The number of anilines is 1. The van der Waals surface area contributed by atoms with Crippen LogP contribution in [0.25, 0.3) is 5.69 Å². The molecular formula is C35H47N3O3. The molecule has 0 saturated heterocycles. The second-order valence-electron chi connectivity index (χ2n) is 11.4. The van der Waals surface area contributed by atoms with Crippen LogP contribution in [-0.4, -0.2) is 41.0 Å². The van der Waals surface area contributed by atoms with Gasteiger partial charge in [0, 0.05) is 18.7 Å². The van der Waals surface area contributed by atoms with Gasteiger partial charge in [-0.15, -0.1) is 0 Å². The van der Waals surface area contributed by atoms with Gasteiger partial charge >= 0.3 is 0 Å². The molecule has 1 atom stereocenters. The van der Waals surface area contributed by atoms with Crippen molar-refractivity contribution < 1.29 is 14.3 Å². The van der Waals surface area contributed by atoms with Crippen molar-refractivity contribution in [1.82, 2.24) is 9.47 Å². The standard InChI is InChI=1S/C35H47N3O3/c1-5-6-7-8-9-10-11-12-13-20-33(39)37(27(2)3)26-34(40)38-31-18-15-14-17-30(31)36-25-16-19-32(36)35(38)28-21-23-29(41-4)24-22-28/h14-19,21-25,27,35H,5-13,20,26H2,1-4H3. The Hall–Kier alpha value is -3.54. The maximum atomic E-state index is 14.2. The van der Waals surface area contributed by atoms with E-state index in [1.807, 2.05) is 79.5 Å². The van der Waals surface area contributed by atoms with E-state index in [-0.39, 0.29) is 30.4 Å². The summed E-state index contributed by atoms with van der Waals surface area (Å²) in [6, 6.07) is 19.6. The zero-order valence-corrected chi connectivity index (χ0v) is 25.4. The van der Waals surface area contributed by atoms with Gasteiger partial charge in [-0.2, -0.15) is 0 Å². The fourth-order valence-corrected chi connectivity index (χ4v) is 5.87. The first-order valence-electron chi connectivity index (χ1n) is 15.5. The number of rotatable bonds is 15. The van der Waals surface area contributed by atoms with Crippen molar-refractivity contribution in [2.75, 3.05) is 18.6 Å². The number of aromatic nitrogens is 1. The van der Waals surface area contributed by atoms with Gasteiger partial charge in [0.05, 0.1) is 24.2 Å². The minimum Gasteiger partial charge on any atom is -0.497 e. The topological polar surface area (TPSA) is 54.8 Å². The van der Waals surface area contributed by atoms with Crippen molar-refractivity contribution in [2.24, 2.45) is 0 Å². The first-order chi connectivity index (χ1) is 20.0. The number of methoxy groups -OCH3 is 1. The van der Waals surface area contributed by atoms with Gasteiger partial charge in [-0.05, 0) is 62.2 Å². The highest BCUT2D eigenvalue weighted by Crippen LogP contribution is 2.42. The van der Waals surface area contributed by atoms with Crippen LogP contribution in [0.1, 0.15) is 102 Å². The van der Waals surface area contributed by atoms with Gasteiger partial charge in [-0.1, -0.05) is 82.6 Å². The summed E-state index contributed by atoms with van der Waals surface area (Å²) in [5.74, 6) is 0.747. The first kappa shape index (κ1) is 30.4. The fourth-order valence-electron chi connectivity index (χ4n) is 5.87. The summed E-state index contributed by atoms with van der Waals surface area (Å²) < 4.78 is 7.55. The van der Waals surface area contributed by atoms with Gasteiger partial charge in [0.15, 0.2) is 0 Å². The maximum absolute atomic E-state index is 14.2. The number of carbonyl (C=O) groups is 2. The van der Waals surface area contributed by atoms with Crippen molar-refractivity contribution in [1.29, 1.82) is 0 Å². The summed E-state index contributed by atoms with van der Waals surface area (Å²) in [5, 5.41) is 0. The molecule has 0 N–H and O–H groups in total. The van der Waals surface area contributed by atoms with Crippen molar-refractivity contribution in [3.63, 3.8) is 0 Å². The van der Waals surface area contributed by atoms with Crippen LogP contribution in [0.4, 0.5) is 5.69 Å². The van der Waals surface area contributed by atoms with Crippen LogP contribution in [-0.2, 0) is 9.59 Å². The molecule has 1 aromatic heterocycles. The Morgan fingerprint density at radius 1 is 0.829 bits per heavy atom. The lowest BCUT2D eigenvalue weighted by Crippen LogP contribution is -2.48. The summed E-state index contributed by atoms with van der Waals surface area (Å²) in [5.41, 5.74) is 3.81. The van der Waals surface area contributed by atoms with Gasteiger partial charge in [0.2, 0.25) is 11.8 Å². The molecule has 3 aromatic rings. The molecule has 0 aliphatic carbocycles. The average Bonchev–Trinajstić information content (AvgIpc) is 3.48. The lowest BCUT2D eigenvalue weighted by Gasteiger charge is -2.40. The largest absolute Gasteiger partial charge is 0.497 e. The minimum atomic E-state index is -0.320. The third-order valence-electron chi connectivity index (χ3n) is 8.16. The lowest BCUT2D eigenvalue weighted by atomic mass is 9.97. The Balaban J connectivity index is 1.48. The maximum Gasteiger partial charge on any atom is 0.247 e. The van der Waals surface area contributed by atoms with Crippen LogP contribution < -0.4 is 9.64 Å². The summed E-state index contributed by atoms with van der Waals surface area (Å²) in [7, 11) is 1.65. The van der Waals surface area contributed by atoms with Gasteiger partial charge in [0.25, 0.3) is 0 Å². The molecule has 0 radical (unpaired) electrons. The molecule has 2 aromatic carbocycles. The molecule has 0 fully saturated rings. The molecule has 6 nitrogen and oxygen atoms in total. The summed E-state index contributed by atoms with van der Waals surface area (Å²) in [4.78, 5) is 31.3. The van der Waals surface area contributed by atoms with Gasteiger partial charge in [-0.3, -0.25) is 14.5 Å². The monoisotopic (exact) mass is 557 g/mol. The van der Waals surface area contributed by atoms with Crippen LogP contribution >= 0.6 is 0 Å². The number of ether oxygens (including phenoxy) is 1. The molecule has 41 heavy (non-hydrogen) atoms. The van der Waals surface area contributed by atoms with E-state index in [2.05, 4.69) is 17.6 Å². The van der Waals surface area contributed by atoms with E-state index in [1.165, 1.54) is 44.9 Å². The highest BCUT2D eigenvalue weighted by Gasteiger charge is 2.37. The molecule has 6 heteroatoms. The molecule has 1 aliphatic rings. The van der Waals surface area contributed by atoms with Crippen molar-refractivity contribution in [3.8, 4) is 11.4 Å². The zero-order chi connectivity index (χ0) is 29.2. The molecule has 2 heterocycles. The van der Waals surface area contributed by atoms with Crippen LogP contribution in [0.15, 0.2) is 66.9 Å². The molecular weight excluding hydrogens is 510 g/mol. The number of nitrogens with zero attached hydrogens (tertiary/aromatic N) is 3. The number of hydrogen-bond acceptors (Lipinski definition) is 3. The Morgan fingerprint density at radius 2 is 1.46 bits per heavy atom. The van der Waals surface area contributed by atoms with E-state index in [4.69, 9.17) is 4.74 Å². The van der Waals surface area contributed by atoms with Gasteiger partial charge in [0.1, 0.15) is 18.3 Å². The predicted octanol–water partition coefficient (Wildman–Crippen LogP) is 8.08. The van der Waals surface area contributed by atoms with E-state index in [0.29, 0.717) is 6.42 Å². The number of fused-ring (bicyclic) bond motifs is 3. The van der Waals surface area contributed by atoms with E-state index < -0.39 is 0 Å². The Morgan fingerprint density at radius 3 is 2.10 bits per heavy atom. The second kappa shape index (κ2) is 14.9. The third-order valence-corrected chi connectivity index (χ3v) is 8.16. The molecule has 0 spiro atoms. The second-order valence-corrected chi connectivity index (χ2v) is 11.4. The van der Waals surface area contributed by atoms with E-state index >= 15 is 0 Å². The van der Waals surface area contributed by atoms with Crippen LogP contribution in [0.2, 0.25) is 0 Å². The van der Waals surface area contributed by atoms with E-state index in [1.54, 1.807) is 12.0 Å². The SMILES string of the molecule is CCCCCCCCCCCC(=O)N(CC(=O)N1c2ccccc2-n2cccc2C1c1ccc(OC)cc1)C(C)C. The predicted molar refractivity (Wildman–Crippen MR) is 167 cm³/mol. The van der Waals surface area contributed by atoms with Crippen molar-refractivity contribution in [2.45, 2.75) is 97.1 Å². The van der Waals surface area contributed by atoms with Crippen LogP contribution in [0.3, 0.4) is 0 Å². The summed E-state index contributed by atoms with van der Waals surface area (Å²) in [6.45, 7) is 6.29. The molecule has 1 aliphatic heterocycles. The molecule has 4 rings (SSSR count). The molecule has 2 amide bonds. The van der Waals surface area contributed by atoms with Crippen LogP contribution in [0.5, 0.6) is 5.75 Å². The van der Waals surface area contributed by atoms with Crippen molar-refractivity contribution in [3.05, 3.63) is 78.1 Å². The molecule has 0 saturated carbocycles. The highest BCUT2D eigenvalue weighted by molar-refractivity contribution is 6.00. The number of amides is 2.